The molecular formula is C9H10F3NO. The lowest BCUT2D eigenvalue weighted by Gasteiger charge is -2.09. The van der Waals surface area contributed by atoms with Crippen LogP contribution in [0.25, 0.3) is 0 Å². The van der Waals surface area contributed by atoms with E-state index < -0.39 is 12.8 Å². The average molecular weight is 205 g/mol. The third-order valence-corrected chi connectivity index (χ3v) is 1.54. The molecule has 0 aromatic heterocycles. The second-order valence-corrected chi connectivity index (χ2v) is 2.76. The van der Waals surface area contributed by atoms with Crippen LogP contribution in [0.15, 0.2) is 24.3 Å². The Balaban J connectivity index is 2.59. The topological polar surface area (TPSA) is 35.2 Å². The van der Waals surface area contributed by atoms with Crippen molar-refractivity contribution < 1.29 is 17.9 Å². The van der Waals surface area contributed by atoms with Crippen LogP contribution in [0, 0.1) is 0 Å². The highest BCUT2D eigenvalue weighted by Gasteiger charge is 2.28. The maximum absolute atomic E-state index is 11.8. The number of halogens is 3. The van der Waals surface area contributed by atoms with E-state index >= 15 is 0 Å². The van der Waals surface area contributed by atoms with Gasteiger partial charge in [0.05, 0.1) is 0 Å². The Morgan fingerprint density at radius 2 is 2.00 bits per heavy atom. The summed E-state index contributed by atoms with van der Waals surface area (Å²) in [5, 5.41) is 0. The van der Waals surface area contributed by atoms with Crippen molar-refractivity contribution in [1.29, 1.82) is 0 Å². The molecule has 0 spiro atoms. The highest BCUT2D eigenvalue weighted by molar-refractivity contribution is 5.28. The number of nitrogens with two attached hydrogens (primary N) is 1. The summed E-state index contributed by atoms with van der Waals surface area (Å²) in [5.41, 5.74) is 6.06. The molecule has 0 amide bonds. The Morgan fingerprint density at radius 1 is 1.29 bits per heavy atom. The van der Waals surface area contributed by atoms with Crippen molar-refractivity contribution in [3.8, 4) is 5.75 Å². The maximum Gasteiger partial charge on any atom is 0.422 e. The highest BCUT2D eigenvalue weighted by Crippen LogP contribution is 2.19. The van der Waals surface area contributed by atoms with E-state index in [9.17, 15) is 13.2 Å². The van der Waals surface area contributed by atoms with Gasteiger partial charge in [-0.15, -0.1) is 0 Å². The van der Waals surface area contributed by atoms with Gasteiger partial charge in [-0.05, 0) is 17.7 Å². The quantitative estimate of drug-likeness (QED) is 0.819. The first-order valence-corrected chi connectivity index (χ1v) is 4.00. The van der Waals surface area contributed by atoms with E-state index in [0.29, 0.717) is 0 Å². The van der Waals surface area contributed by atoms with Gasteiger partial charge >= 0.3 is 6.18 Å². The molecule has 0 radical (unpaired) electrons. The molecule has 0 aliphatic rings. The molecule has 0 aliphatic heterocycles. The fourth-order valence-electron chi connectivity index (χ4n) is 0.927. The molecule has 14 heavy (non-hydrogen) atoms. The van der Waals surface area contributed by atoms with Gasteiger partial charge in [0.25, 0.3) is 0 Å². The normalized spacial score (nSPS) is 11.4. The minimum atomic E-state index is -4.31. The predicted octanol–water partition coefficient (Wildman–Crippen LogP) is 2.09. The molecule has 5 heteroatoms. The smallest absolute Gasteiger partial charge is 0.422 e. The molecule has 2 nitrogen and oxygen atoms in total. The summed E-state index contributed by atoms with van der Waals surface area (Å²) in [4.78, 5) is 0. The summed E-state index contributed by atoms with van der Waals surface area (Å²) in [6, 6.07) is 6.28. The molecular weight excluding hydrogens is 195 g/mol. The second kappa shape index (κ2) is 4.32. The zero-order chi connectivity index (χ0) is 10.6. The van der Waals surface area contributed by atoms with Crippen LogP contribution in [0.3, 0.4) is 0 Å². The standard InChI is InChI=1S/C9H10F3NO/c10-9(11,12)6-14-8-3-1-2-7(4-8)5-13/h1-4H,5-6,13H2. The summed E-state index contributed by atoms with van der Waals surface area (Å²) < 4.78 is 39.9. The molecule has 0 heterocycles. The Kier molecular flexibility index (Phi) is 3.35. The molecule has 78 valence electrons. The average Bonchev–Trinajstić information content (AvgIpc) is 2.14. The number of hydrogen-bond acceptors (Lipinski definition) is 2. The molecule has 0 saturated carbocycles. The van der Waals surface area contributed by atoms with E-state index in [1.807, 2.05) is 0 Å². The van der Waals surface area contributed by atoms with E-state index in [1.165, 1.54) is 12.1 Å². The molecule has 1 rings (SSSR count). The predicted molar refractivity (Wildman–Crippen MR) is 45.9 cm³/mol. The van der Waals surface area contributed by atoms with Gasteiger partial charge in [-0.3, -0.25) is 0 Å². The van der Waals surface area contributed by atoms with E-state index in [1.54, 1.807) is 12.1 Å². The number of benzene rings is 1. The molecule has 0 bridgehead atoms. The van der Waals surface area contributed by atoms with Gasteiger partial charge in [-0.2, -0.15) is 13.2 Å². The van der Waals surface area contributed by atoms with Crippen molar-refractivity contribution in [2.75, 3.05) is 6.61 Å². The monoisotopic (exact) mass is 205 g/mol. The van der Waals surface area contributed by atoms with Crippen molar-refractivity contribution in [3.63, 3.8) is 0 Å². The fraction of sp³-hybridized carbons (Fsp3) is 0.333. The molecule has 0 saturated heterocycles. The molecule has 1 aromatic rings. The first-order valence-electron chi connectivity index (χ1n) is 4.00. The van der Waals surface area contributed by atoms with E-state index in [-0.39, 0.29) is 12.3 Å². The van der Waals surface area contributed by atoms with Crippen LogP contribution in [0.5, 0.6) is 5.75 Å². The number of rotatable bonds is 3. The summed E-state index contributed by atoms with van der Waals surface area (Å²) in [6.45, 7) is -0.996. The van der Waals surface area contributed by atoms with Crippen LogP contribution in [-0.4, -0.2) is 12.8 Å². The van der Waals surface area contributed by atoms with E-state index in [0.717, 1.165) is 5.56 Å². The Labute approximate surface area is 79.5 Å². The Hall–Kier alpha value is -1.23. The van der Waals surface area contributed by atoms with Crippen molar-refractivity contribution in [1.82, 2.24) is 0 Å². The van der Waals surface area contributed by atoms with Gasteiger partial charge in [-0.1, -0.05) is 12.1 Å². The minimum Gasteiger partial charge on any atom is -0.484 e. The second-order valence-electron chi connectivity index (χ2n) is 2.76. The fourth-order valence-corrected chi connectivity index (χ4v) is 0.927. The summed E-state index contributed by atoms with van der Waals surface area (Å²) in [6.07, 6.45) is -4.31. The summed E-state index contributed by atoms with van der Waals surface area (Å²) in [5.74, 6) is 0.185. The molecule has 0 fully saturated rings. The van der Waals surface area contributed by atoms with Crippen molar-refractivity contribution in [2.45, 2.75) is 12.7 Å². The lowest BCUT2D eigenvalue weighted by molar-refractivity contribution is -0.153. The van der Waals surface area contributed by atoms with Crippen LogP contribution < -0.4 is 10.5 Å². The largest absolute Gasteiger partial charge is 0.484 e. The third-order valence-electron chi connectivity index (χ3n) is 1.54. The summed E-state index contributed by atoms with van der Waals surface area (Å²) in [7, 11) is 0. The molecule has 0 atom stereocenters. The van der Waals surface area contributed by atoms with Crippen LogP contribution in [-0.2, 0) is 6.54 Å². The SMILES string of the molecule is NCc1cccc(OCC(F)(F)F)c1. The molecule has 0 unspecified atom stereocenters. The number of hydrogen-bond donors (Lipinski definition) is 1. The van der Waals surface area contributed by atoms with Crippen LogP contribution >= 0.6 is 0 Å². The third kappa shape index (κ3) is 3.66. The summed E-state index contributed by atoms with van der Waals surface area (Å²) >= 11 is 0. The van der Waals surface area contributed by atoms with Crippen molar-refractivity contribution >= 4 is 0 Å². The van der Waals surface area contributed by atoms with Crippen LogP contribution in [0.1, 0.15) is 5.56 Å². The van der Waals surface area contributed by atoms with Gasteiger partial charge in [0.2, 0.25) is 0 Å². The van der Waals surface area contributed by atoms with Crippen LogP contribution in [0.2, 0.25) is 0 Å². The Morgan fingerprint density at radius 3 is 2.57 bits per heavy atom. The van der Waals surface area contributed by atoms with Gasteiger partial charge in [0, 0.05) is 6.54 Å². The van der Waals surface area contributed by atoms with Gasteiger partial charge in [0.1, 0.15) is 5.75 Å². The van der Waals surface area contributed by atoms with Gasteiger partial charge in [0.15, 0.2) is 6.61 Å². The van der Waals surface area contributed by atoms with Gasteiger partial charge in [-0.25, -0.2) is 0 Å². The van der Waals surface area contributed by atoms with Gasteiger partial charge < -0.3 is 10.5 Å². The number of alkyl halides is 3. The van der Waals surface area contributed by atoms with Crippen molar-refractivity contribution in [3.05, 3.63) is 29.8 Å². The zero-order valence-electron chi connectivity index (χ0n) is 7.34. The van der Waals surface area contributed by atoms with Crippen LogP contribution in [0.4, 0.5) is 13.2 Å². The van der Waals surface area contributed by atoms with E-state index in [2.05, 4.69) is 4.74 Å². The molecule has 2 N–H and O–H groups in total. The highest BCUT2D eigenvalue weighted by atomic mass is 19.4. The van der Waals surface area contributed by atoms with E-state index in [4.69, 9.17) is 5.73 Å². The lowest BCUT2D eigenvalue weighted by Crippen LogP contribution is -2.19. The molecule has 0 aliphatic carbocycles. The Bertz CT molecular complexity index is 298. The maximum atomic E-state index is 11.8. The number of ether oxygens (including phenoxy) is 1. The minimum absolute atomic E-state index is 0.185. The van der Waals surface area contributed by atoms with Crippen molar-refractivity contribution in [2.24, 2.45) is 5.73 Å². The molecule has 1 aromatic carbocycles. The first-order chi connectivity index (χ1) is 6.51. The first kappa shape index (κ1) is 10.8. The lowest BCUT2D eigenvalue weighted by atomic mass is 10.2. The zero-order valence-corrected chi connectivity index (χ0v) is 7.34.